The Bertz CT molecular complexity index is 546. The maximum atomic E-state index is 3.26. The molecule has 0 atom stereocenters. The molecule has 3 rings (SSSR count). The van der Waals surface area contributed by atoms with E-state index in [0.29, 0.717) is 0 Å². The van der Waals surface area contributed by atoms with E-state index >= 15 is 0 Å². The molecule has 0 unspecified atom stereocenters. The van der Waals surface area contributed by atoms with E-state index in [1.54, 1.807) is 0 Å². The Balaban J connectivity index is 2.36. The molecule has 0 aliphatic heterocycles. The van der Waals surface area contributed by atoms with Gasteiger partial charge in [-0.25, -0.2) is 0 Å². The standard InChI is InChI=1S/C12H10N2/c1-2-9-14(8-1)11-5-3-4-10-6-7-13-12(10)11/h1-9,13H. The van der Waals surface area contributed by atoms with Gasteiger partial charge in [-0.3, -0.25) is 0 Å². The van der Waals surface area contributed by atoms with Crippen LogP contribution in [0.25, 0.3) is 16.6 Å². The zero-order valence-electron chi connectivity index (χ0n) is 7.64. The van der Waals surface area contributed by atoms with E-state index in [0.717, 1.165) is 0 Å². The molecule has 1 N–H and O–H groups in total. The van der Waals surface area contributed by atoms with Gasteiger partial charge in [0.15, 0.2) is 0 Å². The summed E-state index contributed by atoms with van der Waals surface area (Å²) in [6.45, 7) is 0. The van der Waals surface area contributed by atoms with Gasteiger partial charge < -0.3 is 9.55 Å². The topological polar surface area (TPSA) is 20.7 Å². The molecule has 2 heterocycles. The first kappa shape index (κ1) is 7.44. The highest BCUT2D eigenvalue weighted by Gasteiger charge is 2.01. The Morgan fingerprint density at radius 2 is 1.79 bits per heavy atom. The van der Waals surface area contributed by atoms with Gasteiger partial charge in [-0.15, -0.1) is 0 Å². The number of nitrogens with zero attached hydrogens (tertiary/aromatic N) is 1. The summed E-state index contributed by atoms with van der Waals surface area (Å²) in [5, 5.41) is 1.25. The highest BCUT2D eigenvalue weighted by Crippen LogP contribution is 2.20. The van der Waals surface area contributed by atoms with Crippen LogP contribution < -0.4 is 0 Å². The smallest absolute Gasteiger partial charge is 0.0698 e. The minimum Gasteiger partial charge on any atom is -0.359 e. The number of aromatic nitrogens is 2. The van der Waals surface area contributed by atoms with Crippen LogP contribution in [0.1, 0.15) is 0 Å². The summed E-state index contributed by atoms with van der Waals surface area (Å²) in [5.74, 6) is 0. The lowest BCUT2D eigenvalue weighted by molar-refractivity contribution is 1.09. The van der Waals surface area contributed by atoms with E-state index in [2.05, 4.69) is 46.2 Å². The third-order valence-electron chi connectivity index (χ3n) is 2.45. The van der Waals surface area contributed by atoms with Crippen molar-refractivity contribution in [3.8, 4) is 5.69 Å². The van der Waals surface area contributed by atoms with Gasteiger partial charge in [0, 0.05) is 24.0 Å². The molecule has 0 radical (unpaired) electrons. The summed E-state index contributed by atoms with van der Waals surface area (Å²) in [6.07, 6.45) is 6.07. The molecule has 0 bridgehead atoms. The van der Waals surface area contributed by atoms with Crippen LogP contribution in [0, 0.1) is 0 Å². The van der Waals surface area contributed by atoms with Crippen LogP contribution in [0.2, 0.25) is 0 Å². The molecule has 0 saturated carbocycles. The minimum absolute atomic E-state index is 1.18. The van der Waals surface area contributed by atoms with Gasteiger partial charge in [0.1, 0.15) is 0 Å². The average Bonchev–Trinajstić information content (AvgIpc) is 2.88. The van der Waals surface area contributed by atoms with Gasteiger partial charge in [-0.2, -0.15) is 0 Å². The maximum absolute atomic E-state index is 3.26. The Labute approximate surface area is 81.8 Å². The molecule has 2 heteroatoms. The first-order valence-electron chi connectivity index (χ1n) is 4.64. The summed E-state index contributed by atoms with van der Waals surface area (Å²) < 4.78 is 2.11. The second-order valence-electron chi connectivity index (χ2n) is 3.31. The predicted octanol–water partition coefficient (Wildman–Crippen LogP) is 2.96. The van der Waals surface area contributed by atoms with E-state index < -0.39 is 0 Å². The van der Waals surface area contributed by atoms with Crippen LogP contribution >= 0.6 is 0 Å². The number of nitrogens with one attached hydrogen (secondary N) is 1. The van der Waals surface area contributed by atoms with Crippen molar-refractivity contribution in [3.63, 3.8) is 0 Å². The number of hydrogen-bond donors (Lipinski definition) is 1. The van der Waals surface area contributed by atoms with Crippen molar-refractivity contribution in [1.82, 2.24) is 9.55 Å². The minimum atomic E-state index is 1.18. The third-order valence-corrected chi connectivity index (χ3v) is 2.45. The normalized spacial score (nSPS) is 10.9. The van der Waals surface area contributed by atoms with Gasteiger partial charge >= 0.3 is 0 Å². The van der Waals surface area contributed by atoms with Crippen molar-refractivity contribution in [1.29, 1.82) is 0 Å². The summed E-state index contributed by atoms with van der Waals surface area (Å²) in [7, 11) is 0. The Morgan fingerprint density at radius 3 is 2.64 bits per heavy atom. The zero-order chi connectivity index (χ0) is 9.38. The molecular formula is C12H10N2. The second-order valence-corrected chi connectivity index (χ2v) is 3.31. The molecule has 0 amide bonds. The lowest BCUT2D eigenvalue weighted by Gasteiger charge is -2.03. The fourth-order valence-electron chi connectivity index (χ4n) is 1.78. The zero-order valence-corrected chi connectivity index (χ0v) is 7.64. The average molecular weight is 182 g/mol. The SMILES string of the molecule is c1cc(-n2cccc2)c2[nH]ccc2c1. The molecule has 0 saturated heterocycles. The van der Waals surface area contributed by atoms with Gasteiger partial charge in [0.25, 0.3) is 0 Å². The van der Waals surface area contributed by atoms with Crippen LogP contribution in [-0.4, -0.2) is 9.55 Å². The first-order chi connectivity index (χ1) is 6.95. The Hall–Kier alpha value is -1.96. The van der Waals surface area contributed by atoms with Crippen molar-refractivity contribution >= 4 is 10.9 Å². The number of aromatic amines is 1. The van der Waals surface area contributed by atoms with Crippen molar-refractivity contribution in [2.75, 3.05) is 0 Å². The lowest BCUT2D eigenvalue weighted by atomic mass is 10.2. The van der Waals surface area contributed by atoms with Crippen LogP contribution in [0.15, 0.2) is 55.0 Å². The summed E-state index contributed by atoms with van der Waals surface area (Å²) in [5.41, 5.74) is 2.38. The van der Waals surface area contributed by atoms with Crippen LogP contribution in [-0.2, 0) is 0 Å². The monoisotopic (exact) mass is 182 g/mol. The molecule has 0 aliphatic rings. The molecule has 2 nitrogen and oxygen atoms in total. The predicted molar refractivity (Wildman–Crippen MR) is 57.6 cm³/mol. The Morgan fingerprint density at radius 1 is 0.929 bits per heavy atom. The van der Waals surface area contributed by atoms with E-state index in [9.17, 15) is 0 Å². The lowest BCUT2D eigenvalue weighted by Crippen LogP contribution is -1.90. The summed E-state index contributed by atoms with van der Waals surface area (Å²) >= 11 is 0. The molecule has 1 aromatic carbocycles. The number of hydrogen-bond acceptors (Lipinski definition) is 0. The van der Waals surface area contributed by atoms with E-state index in [-0.39, 0.29) is 0 Å². The van der Waals surface area contributed by atoms with Gasteiger partial charge in [0.2, 0.25) is 0 Å². The molecular weight excluding hydrogens is 172 g/mol. The quantitative estimate of drug-likeness (QED) is 0.597. The first-order valence-corrected chi connectivity index (χ1v) is 4.64. The van der Waals surface area contributed by atoms with Crippen molar-refractivity contribution < 1.29 is 0 Å². The van der Waals surface area contributed by atoms with Crippen molar-refractivity contribution in [2.24, 2.45) is 0 Å². The number of H-pyrrole nitrogens is 1. The molecule has 14 heavy (non-hydrogen) atoms. The molecule has 0 fully saturated rings. The summed E-state index contributed by atoms with van der Waals surface area (Å²) in [6, 6.07) is 12.4. The Kier molecular flexibility index (Phi) is 1.47. The van der Waals surface area contributed by atoms with Gasteiger partial charge in [0.05, 0.1) is 11.2 Å². The summed E-state index contributed by atoms with van der Waals surface area (Å²) in [4.78, 5) is 3.26. The number of rotatable bonds is 1. The van der Waals surface area contributed by atoms with Crippen LogP contribution in [0.3, 0.4) is 0 Å². The van der Waals surface area contributed by atoms with E-state index in [4.69, 9.17) is 0 Å². The second kappa shape index (κ2) is 2.77. The molecule has 0 aliphatic carbocycles. The number of para-hydroxylation sites is 1. The fraction of sp³-hybridized carbons (Fsp3) is 0. The molecule has 3 aromatic rings. The fourth-order valence-corrected chi connectivity index (χ4v) is 1.78. The van der Waals surface area contributed by atoms with Gasteiger partial charge in [-0.1, -0.05) is 12.1 Å². The molecule has 0 spiro atoms. The van der Waals surface area contributed by atoms with Crippen molar-refractivity contribution in [3.05, 3.63) is 55.0 Å². The molecule has 2 aromatic heterocycles. The molecule has 68 valence electrons. The number of benzene rings is 1. The highest BCUT2D eigenvalue weighted by atomic mass is 15.0. The van der Waals surface area contributed by atoms with Crippen LogP contribution in [0.4, 0.5) is 0 Å². The van der Waals surface area contributed by atoms with E-state index in [1.807, 2.05) is 18.3 Å². The van der Waals surface area contributed by atoms with Crippen molar-refractivity contribution in [2.45, 2.75) is 0 Å². The largest absolute Gasteiger partial charge is 0.359 e. The third kappa shape index (κ3) is 0.973. The number of fused-ring (bicyclic) bond motifs is 1. The maximum Gasteiger partial charge on any atom is 0.0698 e. The van der Waals surface area contributed by atoms with Gasteiger partial charge in [-0.05, 0) is 24.3 Å². The van der Waals surface area contributed by atoms with Crippen LogP contribution in [0.5, 0.6) is 0 Å². The highest BCUT2D eigenvalue weighted by molar-refractivity contribution is 5.87. The van der Waals surface area contributed by atoms with E-state index in [1.165, 1.54) is 16.6 Å².